The Hall–Kier alpha value is -1.70. The van der Waals surface area contributed by atoms with Gasteiger partial charge in [-0.1, -0.05) is 30.3 Å². The zero-order valence-corrected chi connectivity index (χ0v) is 16.0. The third-order valence-electron chi connectivity index (χ3n) is 4.79. The molecule has 3 rings (SSSR count). The third-order valence-corrected chi connectivity index (χ3v) is 6.94. The maximum atomic E-state index is 13.1. The van der Waals surface area contributed by atoms with E-state index in [1.54, 1.807) is 15.9 Å². The Balaban J connectivity index is 1.71. The molecule has 2 aromatic rings. The molecule has 0 N–H and O–H groups in total. The van der Waals surface area contributed by atoms with E-state index in [0.29, 0.717) is 30.2 Å². The summed E-state index contributed by atoms with van der Waals surface area (Å²) in [7, 11) is -3.49. The van der Waals surface area contributed by atoms with E-state index in [9.17, 15) is 8.42 Å². The Kier molecular flexibility index (Phi) is 5.27. The van der Waals surface area contributed by atoms with Gasteiger partial charge in [0.25, 0.3) is 0 Å². The fourth-order valence-corrected chi connectivity index (χ4v) is 5.26. The molecule has 0 atom stereocenters. The van der Waals surface area contributed by atoms with E-state index in [1.165, 1.54) is 5.56 Å². The van der Waals surface area contributed by atoms with Crippen molar-refractivity contribution >= 4 is 10.0 Å². The van der Waals surface area contributed by atoms with Crippen LogP contribution in [0.15, 0.2) is 35.2 Å². The van der Waals surface area contributed by atoms with Gasteiger partial charge in [-0.2, -0.15) is 9.40 Å². The SMILES string of the molecule is CCn1nc(C)c(S(=O)(=O)N2CCN(Cc3ccccc3)CC2)c1C. The standard InChI is InChI=1S/C18H26N4O2S/c1-4-22-16(3)18(15(2)19-22)25(23,24)21-12-10-20(11-13-21)14-17-8-6-5-7-9-17/h5-9H,4,10-14H2,1-3H3. The molecule has 0 spiro atoms. The second-order valence-electron chi connectivity index (χ2n) is 6.48. The predicted octanol–water partition coefficient (Wildman–Crippen LogP) is 2.03. The van der Waals surface area contributed by atoms with Crippen molar-refractivity contribution in [3.63, 3.8) is 0 Å². The van der Waals surface area contributed by atoms with Gasteiger partial charge in [0.15, 0.2) is 0 Å². The molecule has 2 heterocycles. The first-order valence-corrected chi connectivity index (χ1v) is 10.2. The lowest BCUT2D eigenvalue weighted by molar-refractivity contribution is 0.181. The Bertz CT molecular complexity index is 822. The molecule has 1 aliphatic rings. The van der Waals surface area contributed by atoms with Crippen LogP contribution in [0.5, 0.6) is 0 Å². The van der Waals surface area contributed by atoms with Crippen molar-refractivity contribution in [2.75, 3.05) is 26.2 Å². The first kappa shape index (κ1) is 18.1. The van der Waals surface area contributed by atoms with E-state index >= 15 is 0 Å². The zero-order chi connectivity index (χ0) is 18.0. The summed E-state index contributed by atoms with van der Waals surface area (Å²) in [4.78, 5) is 2.68. The lowest BCUT2D eigenvalue weighted by atomic mass is 10.2. The van der Waals surface area contributed by atoms with Gasteiger partial charge >= 0.3 is 0 Å². The van der Waals surface area contributed by atoms with Crippen molar-refractivity contribution in [3.05, 3.63) is 47.3 Å². The second-order valence-corrected chi connectivity index (χ2v) is 8.36. The van der Waals surface area contributed by atoms with Crippen LogP contribution in [0.2, 0.25) is 0 Å². The van der Waals surface area contributed by atoms with Crippen molar-refractivity contribution in [3.8, 4) is 0 Å². The fraction of sp³-hybridized carbons (Fsp3) is 0.500. The monoisotopic (exact) mass is 362 g/mol. The van der Waals surface area contributed by atoms with Crippen molar-refractivity contribution in [2.24, 2.45) is 0 Å². The highest BCUT2D eigenvalue weighted by Crippen LogP contribution is 2.24. The van der Waals surface area contributed by atoms with Gasteiger partial charge in [0.1, 0.15) is 4.90 Å². The zero-order valence-electron chi connectivity index (χ0n) is 15.1. The van der Waals surface area contributed by atoms with Gasteiger partial charge in [0.2, 0.25) is 10.0 Å². The number of aromatic nitrogens is 2. The lowest BCUT2D eigenvalue weighted by Crippen LogP contribution is -2.48. The van der Waals surface area contributed by atoms with Crippen LogP contribution >= 0.6 is 0 Å². The normalized spacial score (nSPS) is 17.1. The van der Waals surface area contributed by atoms with Crippen molar-refractivity contribution in [2.45, 2.75) is 38.8 Å². The molecule has 136 valence electrons. The Morgan fingerprint density at radius 2 is 1.68 bits per heavy atom. The summed E-state index contributed by atoms with van der Waals surface area (Å²) in [5.41, 5.74) is 2.58. The number of hydrogen-bond acceptors (Lipinski definition) is 4. The summed E-state index contributed by atoms with van der Waals surface area (Å²) in [5.74, 6) is 0. The number of aryl methyl sites for hydroxylation is 2. The summed E-state index contributed by atoms with van der Waals surface area (Å²) in [6.45, 7) is 9.64. The number of sulfonamides is 1. The first-order chi connectivity index (χ1) is 11.9. The van der Waals surface area contributed by atoms with Crippen LogP contribution in [0.3, 0.4) is 0 Å². The van der Waals surface area contributed by atoms with E-state index in [4.69, 9.17) is 0 Å². The quantitative estimate of drug-likeness (QED) is 0.817. The van der Waals surface area contributed by atoms with Crippen LogP contribution in [-0.4, -0.2) is 53.6 Å². The van der Waals surface area contributed by atoms with E-state index in [0.717, 1.165) is 25.3 Å². The lowest BCUT2D eigenvalue weighted by Gasteiger charge is -2.34. The minimum Gasteiger partial charge on any atom is -0.296 e. The average Bonchev–Trinajstić information content (AvgIpc) is 2.90. The minimum absolute atomic E-state index is 0.380. The smallest absolute Gasteiger partial charge is 0.246 e. The van der Waals surface area contributed by atoms with Crippen LogP contribution in [-0.2, 0) is 23.1 Å². The van der Waals surface area contributed by atoms with Crippen LogP contribution in [0, 0.1) is 13.8 Å². The molecule has 0 unspecified atom stereocenters. The Morgan fingerprint density at radius 1 is 1.04 bits per heavy atom. The molecule has 1 saturated heterocycles. The van der Waals surface area contributed by atoms with Gasteiger partial charge in [-0.3, -0.25) is 9.58 Å². The molecular formula is C18H26N4O2S. The number of nitrogens with zero attached hydrogens (tertiary/aromatic N) is 4. The molecule has 1 aromatic carbocycles. The summed E-state index contributed by atoms with van der Waals surface area (Å²) >= 11 is 0. The number of rotatable bonds is 5. The molecule has 25 heavy (non-hydrogen) atoms. The van der Waals surface area contributed by atoms with Gasteiger partial charge in [0, 0.05) is 39.3 Å². The van der Waals surface area contributed by atoms with Gasteiger partial charge in [-0.05, 0) is 26.3 Å². The highest BCUT2D eigenvalue weighted by atomic mass is 32.2. The van der Waals surface area contributed by atoms with E-state index < -0.39 is 10.0 Å². The number of benzene rings is 1. The largest absolute Gasteiger partial charge is 0.296 e. The number of hydrogen-bond donors (Lipinski definition) is 0. The van der Waals surface area contributed by atoms with Crippen molar-refractivity contribution in [1.82, 2.24) is 19.0 Å². The fourth-order valence-electron chi connectivity index (χ4n) is 3.46. The molecule has 0 bridgehead atoms. The molecule has 0 saturated carbocycles. The molecule has 1 fully saturated rings. The highest BCUT2D eigenvalue weighted by Gasteiger charge is 2.33. The van der Waals surface area contributed by atoms with Crippen molar-refractivity contribution in [1.29, 1.82) is 0 Å². The van der Waals surface area contributed by atoms with Crippen LogP contribution in [0.1, 0.15) is 23.9 Å². The van der Waals surface area contributed by atoms with E-state index in [1.807, 2.05) is 32.0 Å². The molecule has 6 nitrogen and oxygen atoms in total. The van der Waals surface area contributed by atoms with E-state index in [2.05, 4.69) is 22.1 Å². The molecule has 7 heteroatoms. The summed E-state index contributed by atoms with van der Waals surface area (Å²) in [6.07, 6.45) is 0. The van der Waals surface area contributed by atoms with Crippen LogP contribution in [0.25, 0.3) is 0 Å². The maximum Gasteiger partial charge on any atom is 0.246 e. The Labute approximate surface area is 150 Å². The summed E-state index contributed by atoms with van der Waals surface area (Å²) in [5, 5.41) is 4.36. The highest BCUT2D eigenvalue weighted by molar-refractivity contribution is 7.89. The predicted molar refractivity (Wildman–Crippen MR) is 97.9 cm³/mol. The van der Waals surface area contributed by atoms with Gasteiger partial charge in [0.05, 0.1) is 11.4 Å². The summed E-state index contributed by atoms with van der Waals surface area (Å²) < 4.78 is 29.5. The molecule has 1 aromatic heterocycles. The molecule has 0 radical (unpaired) electrons. The van der Waals surface area contributed by atoms with E-state index in [-0.39, 0.29) is 0 Å². The first-order valence-electron chi connectivity index (χ1n) is 8.74. The third kappa shape index (κ3) is 3.63. The number of piperazine rings is 1. The Morgan fingerprint density at radius 3 is 2.24 bits per heavy atom. The topological polar surface area (TPSA) is 58.4 Å². The van der Waals surface area contributed by atoms with Gasteiger partial charge in [-0.15, -0.1) is 0 Å². The molecule has 0 aliphatic carbocycles. The minimum atomic E-state index is -3.49. The second kappa shape index (κ2) is 7.27. The molecular weight excluding hydrogens is 336 g/mol. The van der Waals surface area contributed by atoms with Crippen LogP contribution < -0.4 is 0 Å². The maximum absolute atomic E-state index is 13.1. The van der Waals surface area contributed by atoms with Gasteiger partial charge in [-0.25, -0.2) is 8.42 Å². The molecule has 0 amide bonds. The van der Waals surface area contributed by atoms with Gasteiger partial charge < -0.3 is 0 Å². The van der Waals surface area contributed by atoms with Crippen molar-refractivity contribution < 1.29 is 8.42 Å². The average molecular weight is 362 g/mol. The summed E-state index contributed by atoms with van der Waals surface area (Å²) in [6, 6.07) is 10.3. The molecule has 1 aliphatic heterocycles. The van der Waals surface area contributed by atoms with Crippen LogP contribution in [0.4, 0.5) is 0 Å².